The molecule has 0 spiro atoms. The maximum absolute atomic E-state index is 11.5. The van der Waals surface area contributed by atoms with Gasteiger partial charge in [-0.15, -0.1) is 11.3 Å². The Balaban J connectivity index is 2.62. The molecule has 1 rings (SSSR count). The molecule has 0 aromatic carbocycles. The van der Waals surface area contributed by atoms with Crippen molar-refractivity contribution in [1.29, 1.82) is 0 Å². The van der Waals surface area contributed by atoms with E-state index in [-0.39, 0.29) is 5.97 Å². The van der Waals surface area contributed by atoms with Crippen LogP contribution in [0, 0.1) is 0 Å². The fraction of sp³-hybridized carbons (Fsp3) is 0.500. The van der Waals surface area contributed by atoms with Gasteiger partial charge in [-0.25, -0.2) is 4.79 Å². The van der Waals surface area contributed by atoms with Gasteiger partial charge in [-0.2, -0.15) is 0 Å². The van der Waals surface area contributed by atoms with Crippen LogP contribution < -0.4 is 11.1 Å². The van der Waals surface area contributed by atoms with Gasteiger partial charge in [0.25, 0.3) is 0 Å². The second-order valence-corrected chi connectivity index (χ2v) is 4.09. The highest BCUT2D eigenvalue weighted by atomic mass is 32.1. The van der Waals surface area contributed by atoms with Gasteiger partial charge in [0.2, 0.25) is 0 Å². The van der Waals surface area contributed by atoms with Gasteiger partial charge in [0, 0.05) is 13.7 Å². The lowest BCUT2D eigenvalue weighted by Crippen LogP contribution is -2.06. The zero-order chi connectivity index (χ0) is 12.0. The van der Waals surface area contributed by atoms with Crippen LogP contribution in [0.5, 0.6) is 0 Å². The van der Waals surface area contributed by atoms with E-state index in [9.17, 15) is 4.79 Å². The summed E-state index contributed by atoms with van der Waals surface area (Å²) >= 11 is 1.29. The summed E-state index contributed by atoms with van der Waals surface area (Å²) in [7, 11) is 1.63. The first-order valence-corrected chi connectivity index (χ1v) is 5.80. The fourth-order valence-electron chi connectivity index (χ4n) is 1.12. The highest BCUT2D eigenvalue weighted by Crippen LogP contribution is 2.29. The first-order chi connectivity index (χ1) is 7.69. The highest BCUT2D eigenvalue weighted by Gasteiger charge is 2.15. The van der Waals surface area contributed by atoms with Crippen molar-refractivity contribution >= 4 is 28.0 Å². The molecule has 16 heavy (non-hydrogen) atoms. The number of hydrogen-bond acceptors (Lipinski definition) is 6. The summed E-state index contributed by atoms with van der Waals surface area (Å²) in [4.78, 5) is 11.9. The number of carbonyl (C=O) groups excluding carboxylic acids is 1. The molecule has 0 unspecified atom stereocenters. The molecule has 0 atom stereocenters. The number of nitrogens with one attached hydrogen (secondary N) is 1. The lowest BCUT2D eigenvalue weighted by atomic mass is 10.4. The second-order valence-electron chi connectivity index (χ2n) is 3.04. The molecule has 5 nitrogen and oxygen atoms in total. The van der Waals surface area contributed by atoms with Crippen LogP contribution in [-0.2, 0) is 9.47 Å². The summed E-state index contributed by atoms with van der Waals surface area (Å²) in [5, 5.41) is 3.95. The molecule has 0 saturated carbocycles. The van der Waals surface area contributed by atoms with E-state index < -0.39 is 0 Å². The van der Waals surface area contributed by atoms with E-state index >= 15 is 0 Å². The van der Waals surface area contributed by atoms with Crippen LogP contribution in [0.15, 0.2) is 6.07 Å². The highest BCUT2D eigenvalue weighted by molar-refractivity contribution is 7.18. The van der Waals surface area contributed by atoms with Crippen molar-refractivity contribution in [3.63, 3.8) is 0 Å². The molecule has 0 amide bonds. The molecule has 0 radical (unpaired) electrons. The molecule has 1 aromatic heterocycles. The zero-order valence-electron chi connectivity index (χ0n) is 9.41. The number of nitrogen functional groups attached to an aromatic ring is 1. The van der Waals surface area contributed by atoms with Crippen LogP contribution in [0.2, 0.25) is 0 Å². The van der Waals surface area contributed by atoms with E-state index in [0.717, 1.165) is 5.00 Å². The summed E-state index contributed by atoms with van der Waals surface area (Å²) in [6.07, 6.45) is 0. The third-order valence-corrected chi connectivity index (χ3v) is 2.92. The molecule has 90 valence electrons. The van der Waals surface area contributed by atoms with Gasteiger partial charge in [0.05, 0.1) is 23.9 Å². The standard InChI is InChI=1S/C10H16N2O3S/c1-3-15-10(13)9-7(11)6-8(16-9)12-4-5-14-2/h6,12H,3-5,11H2,1-2H3. The van der Waals surface area contributed by atoms with E-state index in [1.165, 1.54) is 11.3 Å². The molecular weight excluding hydrogens is 228 g/mol. The lowest BCUT2D eigenvalue weighted by Gasteiger charge is -2.01. The van der Waals surface area contributed by atoms with Gasteiger partial charge in [0.1, 0.15) is 4.88 Å². The number of thiophene rings is 1. The number of ether oxygens (including phenoxy) is 2. The molecule has 1 heterocycles. The van der Waals surface area contributed by atoms with E-state index in [2.05, 4.69) is 5.32 Å². The molecular formula is C10H16N2O3S. The average Bonchev–Trinajstić information content (AvgIpc) is 2.61. The van der Waals surface area contributed by atoms with Gasteiger partial charge in [-0.1, -0.05) is 0 Å². The van der Waals surface area contributed by atoms with Crippen LogP contribution in [0.1, 0.15) is 16.6 Å². The van der Waals surface area contributed by atoms with Crippen molar-refractivity contribution in [2.75, 3.05) is 37.9 Å². The van der Waals surface area contributed by atoms with E-state index in [1.807, 2.05) is 0 Å². The number of anilines is 2. The molecule has 1 aromatic rings. The predicted octanol–water partition coefficient (Wildman–Crippen LogP) is 1.57. The Morgan fingerprint density at radius 2 is 2.38 bits per heavy atom. The van der Waals surface area contributed by atoms with E-state index in [1.54, 1.807) is 20.1 Å². The van der Waals surface area contributed by atoms with Crippen molar-refractivity contribution in [2.24, 2.45) is 0 Å². The molecule has 3 N–H and O–H groups in total. The smallest absolute Gasteiger partial charge is 0.350 e. The summed E-state index contributed by atoms with van der Waals surface area (Å²) in [5.74, 6) is -0.371. The van der Waals surface area contributed by atoms with E-state index in [0.29, 0.717) is 30.3 Å². The van der Waals surface area contributed by atoms with Gasteiger partial charge >= 0.3 is 5.97 Å². The first-order valence-electron chi connectivity index (χ1n) is 4.98. The maximum atomic E-state index is 11.5. The SMILES string of the molecule is CCOC(=O)c1sc(NCCOC)cc1N. The zero-order valence-corrected chi connectivity index (χ0v) is 10.2. The first kappa shape index (κ1) is 12.8. The quantitative estimate of drug-likeness (QED) is 0.587. The number of carbonyl (C=O) groups is 1. The summed E-state index contributed by atoms with van der Waals surface area (Å²) in [6, 6.07) is 1.73. The van der Waals surface area contributed by atoms with Gasteiger partial charge in [0.15, 0.2) is 0 Å². The Morgan fingerprint density at radius 1 is 1.62 bits per heavy atom. The van der Waals surface area contributed by atoms with Crippen molar-refractivity contribution in [3.05, 3.63) is 10.9 Å². The van der Waals surface area contributed by atoms with Crippen LogP contribution in [0.3, 0.4) is 0 Å². The molecule has 0 aliphatic rings. The minimum absolute atomic E-state index is 0.350. The Morgan fingerprint density at radius 3 is 3.00 bits per heavy atom. The minimum atomic E-state index is -0.371. The lowest BCUT2D eigenvalue weighted by molar-refractivity contribution is 0.0533. The van der Waals surface area contributed by atoms with Gasteiger partial charge in [-0.3, -0.25) is 0 Å². The van der Waals surface area contributed by atoms with Crippen LogP contribution in [-0.4, -0.2) is 32.8 Å². The number of hydrogen-bond donors (Lipinski definition) is 2. The molecule has 0 aliphatic heterocycles. The number of methoxy groups -OCH3 is 1. The average molecular weight is 244 g/mol. The molecule has 6 heteroatoms. The van der Waals surface area contributed by atoms with Gasteiger partial charge < -0.3 is 20.5 Å². The number of nitrogens with two attached hydrogens (primary N) is 1. The largest absolute Gasteiger partial charge is 0.462 e. The fourth-order valence-corrected chi connectivity index (χ4v) is 2.02. The molecule has 0 bridgehead atoms. The Kier molecular flexibility index (Phi) is 5.07. The predicted molar refractivity (Wildman–Crippen MR) is 65.1 cm³/mol. The summed E-state index contributed by atoms with van der Waals surface area (Å²) in [5.41, 5.74) is 6.16. The maximum Gasteiger partial charge on any atom is 0.350 e. The number of rotatable bonds is 6. The van der Waals surface area contributed by atoms with Crippen molar-refractivity contribution in [2.45, 2.75) is 6.92 Å². The third-order valence-electron chi connectivity index (χ3n) is 1.83. The molecule has 0 aliphatic carbocycles. The number of esters is 1. The second kappa shape index (κ2) is 6.34. The Hall–Kier alpha value is -1.27. The Labute approximate surface area is 98.5 Å². The van der Waals surface area contributed by atoms with Crippen molar-refractivity contribution < 1.29 is 14.3 Å². The van der Waals surface area contributed by atoms with Gasteiger partial charge in [-0.05, 0) is 13.0 Å². The van der Waals surface area contributed by atoms with Crippen molar-refractivity contribution in [3.8, 4) is 0 Å². The minimum Gasteiger partial charge on any atom is -0.462 e. The monoisotopic (exact) mass is 244 g/mol. The molecule has 0 fully saturated rings. The van der Waals surface area contributed by atoms with Crippen LogP contribution in [0.4, 0.5) is 10.7 Å². The molecule has 0 saturated heterocycles. The van der Waals surface area contributed by atoms with E-state index in [4.69, 9.17) is 15.2 Å². The normalized spacial score (nSPS) is 10.1. The third kappa shape index (κ3) is 3.39. The summed E-state index contributed by atoms with van der Waals surface area (Å²) in [6.45, 7) is 3.40. The van der Waals surface area contributed by atoms with Crippen molar-refractivity contribution in [1.82, 2.24) is 0 Å². The van der Waals surface area contributed by atoms with Crippen LogP contribution in [0.25, 0.3) is 0 Å². The van der Waals surface area contributed by atoms with Crippen LogP contribution >= 0.6 is 11.3 Å². The summed E-state index contributed by atoms with van der Waals surface area (Å²) < 4.78 is 9.79. The Bertz CT molecular complexity index is 352. The topological polar surface area (TPSA) is 73.6 Å².